The third kappa shape index (κ3) is 15.4. The molecule has 0 aromatic heterocycles. The first kappa shape index (κ1) is 22.6. The van der Waals surface area contributed by atoms with Gasteiger partial charge in [-0.2, -0.15) is 8.42 Å². The van der Waals surface area contributed by atoms with Crippen molar-refractivity contribution in [1.29, 1.82) is 1.43 Å². The van der Waals surface area contributed by atoms with Crippen LogP contribution in [-0.4, -0.2) is 75.1 Å². The Morgan fingerprint density at radius 2 is 1.19 bits per heavy atom. The summed E-state index contributed by atoms with van der Waals surface area (Å²) in [5.41, 5.74) is 10.9. The number of hydrogen-bond acceptors (Lipinski definition) is 10. The molecule has 0 radical (unpaired) electrons. The molecule has 3 aromatic rings. The quantitative estimate of drug-likeness (QED) is 0.205. The van der Waals surface area contributed by atoms with Crippen LogP contribution >= 0.6 is 23.1 Å². The van der Waals surface area contributed by atoms with Crippen LogP contribution < -0.4 is 11.5 Å². The molecule has 5 N–H and O–H groups in total. The lowest BCUT2D eigenvalue weighted by Crippen LogP contribution is -2.24. The minimum Gasteiger partial charge on any atom is -0.400 e. The van der Waals surface area contributed by atoms with Crippen LogP contribution in [0.15, 0.2) is 82.6 Å². The molecule has 0 saturated heterocycles. The van der Waals surface area contributed by atoms with Gasteiger partial charge in [-0.1, -0.05) is 55.0 Å². The molecule has 3 aromatic carbocycles. The maximum Gasteiger partial charge on any atom is 0.296 e. The second-order valence-electron chi connectivity index (χ2n) is 7.09. The van der Waals surface area contributed by atoms with Crippen LogP contribution in [0.5, 0.6) is 0 Å². The molecule has 2 amide bonds. The normalized spacial score (nSPS) is 17.7. The van der Waals surface area contributed by atoms with Gasteiger partial charge in [-0.3, -0.25) is 18.7 Å². The van der Waals surface area contributed by atoms with Crippen molar-refractivity contribution >= 4 is 54.1 Å². The van der Waals surface area contributed by atoms with Gasteiger partial charge in [0.2, 0.25) is 1.43 Å². The average Bonchev–Trinajstić information content (AvgIpc) is 3.25. The van der Waals surface area contributed by atoms with E-state index in [4.69, 9.17) is 32.7 Å². The van der Waals surface area contributed by atoms with Gasteiger partial charge in [-0.25, -0.2) is 8.42 Å². The van der Waals surface area contributed by atoms with Crippen LogP contribution in [0, 0.1) is 13.8 Å². The fourth-order valence-corrected chi connectivity index (χ4v) is 3.98. The molecule has 4 rings (SSSR count). The zero-order valence-electron chi connectivity index (χ0n) is 37.9. The SMILES string of the molecule is C.Cc1ccc(S(=O)(=O)Cl)cc1.Cl.[2H]C([2H])([2H])N.[2H]C([2H])([2H])N.[2H]C([2H])([2H])N1C(=O)c2ccccc2C1=O.[2H]C([2H])([2H])OS(=O)(=O)c1ccc(C)cc1.[2H]OC([2H])([2H])[2H]. The fourth-order valence-electron chi connectivity index (χ4n) is 2.64. The second kappa shape index (κ2) is 23.6. The van der Waals surface area contributed by atoms with E-state index >= 15 is 0 Å². The van der Waals surface area contributed by atoms with Gasteiger partial charge in [0.1, 0.15) is 0 Å². The van der Waals surface area contributed by atoms with Gasteiger partial charge in [0.05, 0.1) is 36.2 Å². The molecule has 0 atom stereocenters. The number of carbonyl (C=O) groups excluding carboxylic acids is 2. The van der Waals surface area contributed by atoms with Crippen molar-refractivity contribution in [2.24, 2.45) is 11.5 Å². The Kier molecular flexibility index (Phi) is 12.4. The van der Waals surface area contributed by atoms with Crippen molar-refractivity contribution < 1.29 is 56.3 Å². The van der Waals surface area contributed by atoms with Crippen molar-refractivity contribution in [1.82, 2.24) is 4.90 Å². The van der Waals surface area contributed by atoms with E-state index in [2.05, 4.69) is 20.8 Å². The lowest BCUT2D eigenvalue weighted by Gasteiger charge is -2.02. The summed E-state index contributed by atoms with van der Waals surface area (Å²) in [4.78, 5) is 23.5. The molecule has 43 heavy (non-hydrogen) atoms. The number of fused-ring (bicyclic) bond motifs is 1. The van der Waals surface area contributed by atoms with E-state index < -0.39 is 66.0 Å². The summed E-state index contributed by atoms with van der Waals surface area (Å²) in [5.74, 6) is -1.51. The average molecular weight is 701 g/mol. The molecule has 1 aliphatic heterocycles. The highest BCUT2D eigenvalue weighted by molar-refractivity contribution is 8.13. The first-order valence-electron chi connectivity index (χ1n) is 18.3. The topological polar surface area (TPSA) is 187 Å². The van der Waals surface area contributed by atoms with Gasteiger partial charge in [-0.15, -0.1) is 12.4 Å². The Hall–Kier alpha value is -2.88. The lowest BCUT2D eigenvalue weighted by molar-refractivity contribution is 0.0693. The molecular formula is C28H43Cl2N3O8S2. The third-order valence-electron chi connectivity index (χ3n) is 4.52. The molecule has 0 aliphatic carbocycles. The predicted octanol–water partition coefficient (Wildman–Crippen LogP) is 3.98. The number of aryl methyl sites for hydroxylation is 2. The number of halogens is 2. The van der Waals surface area contributed by atoms with Gasteiger partial charge >= 0.3 is 0 Å². The first-order valence-corrected chi connectivity index (χ1v) is 14.1. The van der Waals surface area contributed by atoms with Gasteiger partial charge in [0.25, 0.3) is 31.0 Å². The molecular weight excluding hydrogens is 641 g/mol. The summed E-state index contributed by atoms with van der Waals surface area (Å²) in [6, 6.07) is 18.2. The van der Waals surface area contributed by atoms with E-state index in [1.54, 1.807) is 43.3 Å². The minimum atomic E-state index is -4.20. The monoisotopic (exact) mass is 699 g/mol. The highest BCUT2D eigenvalue weighted by Gasteiger charge is 2.31. The Morgan fingerprint density at radius 3 is 1.49 bits per heavy atom. The molecule has 0 bridgehead atoms. The van der Waals surface area contributed by atoms with Gasteiger partial charge in [-0.05, 0) is 64.2 Å². The summed E-state index contributed by atoms with van der Waals surface area (Å²) in [7, 11) is -8.16. The van der Waals surface area contributed by atoms with Crippen LogP contribution in [0.1, 0.15) is 59.8 Å². The summed E-state index contributed by atoms with van der Waals surface area (Å²) in [5, 5.41) is 3.19. The predicted molar refractivity (Wildman–Crippen MR) is 175 cm³/mol. The van der Waals surface area contributed by atoms with Crippen molar-refractivity contribution in [3.8, 4) is 0 Å². The summed E-state index contributed by atoms with van der Waals surface area (Å²) >= 11 is 0. The van der Waals surface area contributed by atoms with Crippen molar-refractivity contribution in [3.05, 3.63) is 95.1 Å². The first-order chi connectivity index (χ1) is 25.2. The van der Waals surface area contributed by atoms with E-state index in [0.717, 1.165) is 11.1 Å². The van der Waals surface area contributed by atoms with Crippen molar-refractivity contribution in [2.45, 2.75) is 31.1 Å². The van der Waals surface area contributed by atoms with Gasteiger partial charge in [0, 0.05) is 37.0 Å². The zero-order valence-corrected chi connectivity index (χ0v) is 25.1. The molecule has 11 nitrogen and oxygen atoms in total. The van der Waals surface area contributed by atoms with Gasteiger partial charge in [0.15, 0.2) is 0 Å². The Morgan fingerprint density at radius 1 is 0.814 bits per heavy atom. The van der Waals surface area contributed by atoms with E-state index in [1.165, 1.54) is 36.4 Å². The maximum atomic E-state index is 11.6. The molecule has 0 fully saturated rings. The van der Waals surface area contributed by atoms with E-state index in [1.807, 2.05) is 6.92 Å². The number of nitrogens with zero attached hydrogens (tertiary/aromatic N) is 1. The number of carbonyl (C=O) groups is 2. The minimum absolute atomic E-state index is 0. The number of amides is 2. The van der Waals surface area contributed by atoms with E-state index in [-0.39, 0.29) is 40.8 Å². The Labute approximate surface area is 289 Å². The van der Waals surface area contributed by atoms with Crippen LogP contribution in [-0.2, 0) is 23.4 Å². The number of benzene rings is 3. The largest absolute Gasteiger partial charge is 0.400 e. The molecule has 1 aliphatic rings. The fraction of sp³-hybridized carbons (Fsp3) is 0.286. The van der Waals surface area contributed by atoms with Crippen LogP contribution in [0.4, 0.5) is 0 Å². The number of rotatable bonds is 3. The summed E-state index contributed by atoms with van der Waals surface area (Å²) in [6.07, 6.45) is 0. The molecule has 244 valence electrons. The van der Waals surface area contributed by atoms with Crippen LogP contribution in [0.3, 0.4) is 0 Å². The van der Waals surface area contributed by atoms with E-state index in [0.29, 0.717) is 4.90 Å². The highest BCUT2D eigenvalue weighted by atomic mass is 35.7. The maximum absolute atomic E-state index is 11.6. The smallest absolute Gasteiger partial charge is 0.296 e. The molecule has 15 heteroatoms. The molecule has 1 heterocycles. The molecule has 0 unspecified atom stereocenters. The standard InChI is InChI=1S/C9H7NO2.C8H10O3S.C7H7ClO2S.2CH5N.CH4O.CH4.ClH/c1-10-8(11)6-4-2-3-5-7(6)9(10)12;1-7-3-5-8(6-4-7)12(9,10)11-2;1-6-2-4-7(5-3-6)11(8,9)10;3*1-2;;/h2-5H,1H3;3-6H,1-2H3;2-5H,1H3;2*2H2,1H3;2H,1H3;1H4;1H/i1D3;2D3;;2*1D3;1D3,2D;;. The van der Waals surface area contributed by atoms with E-state index in [9.17, 15) is 26.4 Å². The van der Waals surface area contributed by atoms with Gasteiger partial charge < -0.3 is 16.6 Å². The Bertz CT molecular complexity index is 1900. The van der Waals surface area contributed by atoms with Crippen LogP contribution in [0.2, 0.25) is 0 Å². The molecule has 0 saturated carbocycles. The highest BCUT2D eigenvalue weighted by Crippen LogP contribution is 2.20. The lowest BCUT2D eigenvalue weighted by atomic mass is 10.1. The van der Waals surface area contributed by atoms with Crippen molar-refractivity contribution in [3.63, 3.8) is 0 Å². The number of imide groups is 1. The third-order valence-corrected chi connectivity index (χ3v) is 6.95. The zero-order chi connectivity index (χ0) is 45.6. The van der Waals surface area contributed by atoms with Crippen LogP contribution in [0.25, 0.3) is 0 Å². The number of aliphatic hydroxyl groups is 1. The summed E-state index contributed by atoms with van der Waals surface area (Å²) in [6.45, 7) is -3.54. The summed E-state index contributed by atoms with van der Waals surface area (Å²) < 4.78 is 150. The number of hydrogen-bond donors (Lipinski definition) is 3. The van der Waals surface area contributed by atoms with Crippen molar-refractivity contribution in [2.75, 3.05) is 35.0 Å². The number of nitrogens with two attached hydrogens (primary N) is 2. The molecule has 0 spiro atoms. The second-order valence-corrected chi connectivity index (χ2v) is 11.2. The Balaban J connectivity index is -0.000000323.